The maximum atomic E-state index is 12.7. The Morgan fingerprint density at radius 3 is 2.05 bits per heavy atom. The van der Waals surface area contributed by atoms with Crippen molar-refractivity contribution in [2.45, 2.75) is 44.9 Å². The summed E-state index contributed by atoms with van der Waals surface area (Å²) in [5.74, 6) is -2.48. The second-order valence-electron chi connectivity index (χ2n) is 10.4. The molecule has 0 saturated carbocycles. The molecule has 1 saturated heterocycles. The first-order chi connectivity index (χ1) is 19.6. The van der Waals surface area contributed by atoms with E-state index in [4.69, 9.17) is 9.90 Å². The van der Waals surface area contributed by atoms with E-state index in [0.717, 1.165) is 69.8 Å². The van der Waals surface area contributed by atoms with Gasteiger partial charge in [-0.15, -0.1) is 0 Å². The number of hydrogen-bond donors (Lipinski definition) is 3. The van der Waals surface area contributed by atoms with Crippen molar-refractivity contribution in [1.29, 1.82) is 0 Å². The highest BCUT2D eigenvalue weighted by atomic mass is 19.4. The summed E-state index contributed by atoms with van der Waals surface area (Å²) in [6.07, 6.45) is -0.490. The summed E-state index contributed by atoms with van der Waals surface area (Å²) < 4.78 is 31.7. The average Bonchev–Trinajstić information content (AvgIpc) is 3.29. The van der Waals surface area contributed by atoms with Crippen LogP contribution in [-0.2, 0) is 30.7 Å². The number of aliphatic carboxylic acids is 1. The second-order valence-corrected chi connectivity index (χ2v) is 10.4. The molecule has 218 valence electrons. The highest BCUT2D eigenvalue weighted by molar-refractivity contribution is 6.04. The van der Waals surface area contributed by atoms with Gasteiger partial charge in [0.05, 0.1) is 0 Å². The highest BCUT2D eigenvalue weighted by Crippen LogP contribution is 2.25. The topological polar surface area (TPSA) is 93.1 Å². The molecule has 10 heteroatoms. The van der Waals surface area contributed by atoms with Gasteiger partial charge < -0.3 is 15.5 Å². The summed E-state index contributed by atoms with van der Waals surface area (Å²) in [4.78, 5) is 26.6. The van der Waals surface area contributed by atoms with Gasteiger partial charge in [-0.25, -0.2) is 4.79 Å². The molecule has 0 unspecified atom stereocenters. The molecule has 1 aliphatic carbocycles. The van der Waals surface area contributed by atoms with Crippen molar-refractivity contribution in [2.24, 2.45) is 0 Å². The van der Waals surface area contributed by atoms with Crippen LogP contribution in [0.25, 0.3) is 0 Å². The summed E-state index contributed by atoms with van der Waals surface area (Å²) in [7, 11) is 0. The lowest BCUT2D eigenvalue weighted by Crippen LogP contribution is -2.30. The number of amides is 1. The van der Waals surface area contributed by atoms with Gasteiger partial charge in [0.15, 0.2) is 0 Å². The molecule has 3 aromatic carbocycles. The number of anilines is 1. The number of halogens is 3. The van der Waals surface area contributed by atoms with Crippen molar-refractivity contribution in [3.05, 3.63) is 94.5 Å². The van der Waals surface area contributed by atoms with Crippen LogP contribution in [0.2, 0.25) is 0 Å². The Morgan fingerprint density at radius 2 is 1.41 bits per heavy atom. The molecule has 1 amide bonds. The van der Waals surface area contributed by atoms with Crippen LogP contribution in [0.1, 0.15) is 45.5 Å². The standard InChI is InChI=1S/C29H33N3O2.C2HF3O2/c33-28-7-1-4-23(18-28)21-32-15-3-14-31(16-17-32)20-22-8-10-25(11-9-22)29(34)30-27-13-12-24-5-2-6-26(24)19-27;3-2(4,5)1(6)7/h1,4,7-13,18-19,33H,2-3,5-6,14-17,20-21H2,(H,30,34);(H,6,7). The van der Waals surface area contributed by atoms with E-state index in [1.54, 1.807) is 6.07 Å². The normalized spacial score (nSPS) is 15.8. The zero-order valence-electron chi connectivity index (χ0n) is 22.7. The molecule has 3 aromatic rings. The zero-order chi connectivity index (χ0) is 29.4. The van der Waals surface area contributed by atoms with Crippen LogP contribution in [0.3, 0.4) is 0 Å². The van der Waals surface area contributed by atoms with Crippen LogP contribution in [0.15, 0.2) is 66.7 Å². The third-order valence-corrected chi connectivity index (χ3v) is 7.22. The van der Waals surface area contributed by atoms with E-state index in [9.17, 15) is 23.1 Å². The Balaban J connectivity index is 0.000000493. The lowest BCUT2D eigenvalue weighted by Gasteiger charge is -2.22. The number of carboxylic acid groups (broad SMARTS) is 1. The predicted molar refractivity (Wildman–Crippen MR) is 150 cm³/mol. The lowest BCUT2D eigenvalue weighted by molar-refractivity contribution is -0.192. The minimum Gasteiger partial charge on any atom is -0.508 e. The van der Waals surface area contributed by atoms with Gasteiger partial charge in [-0.3, -0.25) is 14.6 Å². The van der Waals surface area contributed by atoms with Crippen molar-refractivity contribution in [1.82, 2.24) is 9.80 Å². The molecule has 1 aliphatic heterocycles. The van der Waals surface area contributed by atoms with Crippen LogP contribution >= 0.6 is 0 Å². The molecule has 0 spiro atoms. The molecule has 0 aromatic heterocycles. The minimum absolute atomic E-state index is 0.0538. The average molecular weight is 570 g/mol. The fourth-order valence-corrected chi connectivity index (χ4v) is 5.13. The molecule has 5 rings (SSSR count). The first kappa shape index (κ1) is 30.1. The molecule has 1 fully saturated rings. The molecule has 0 radical (unpaired) electrons. The maximum absolute atomic E-state index is 12.7. The molecule has 7 nitrogen and oxygen atoms in total. The van der Waals surface area contributed by atoms with Crippen molar-refractivity contribution in [2.75, 3.05) is 31.5 Å². The Bertz CT molecular complexity index is 1350. The lowest BCUT2D eigenvalue weighted by atomic mass is 10.1. The molecule has 0 bridgehead atoms. The first-order valence-electron chi connectivity index (χ1n) is 13.6. The number of benzene rings is 3. The van der Waals surface area contributed by atoms with Gasteiger partial charge in [0.25, 0.3) is 5.91 Å². The number of aromatic hydroxyl groups is 1. The Hall–Kier alpha value is -3.89. The summed E-state index contributed by atoms with van der Waals surface area (Å²) in [6.45, 7) is 5.92. The number of phenolic OH excluding ortho intramolecular Hbond substituents is 1. The van der Waals surface area contributed by atoms with Crippen molar-refractivity contribution >= 4 is 17.6 Å². The van der Waals surface area contributed by atoms with Crippen LogP contribution in [-0.4, -0.2) is 64.2 Å². The summed E-state index contributed by atoms with van der Waals surface area (Å²) >= 11 is 0. The van der Waals surface area contributed by atoms with E-state index in [1.807, 2.05) is 30.3 Å². The van der Waals surface area contributed by atoms with Gasteiger partial charge in [0, 0.05) is 37.4 Å². The first-order valence-corrected chi connectivity index (χ1v) is 13.6. The largest absolute Gasteiger partial charge is 0.508 e. The van der Waals surface area contributed by atoms with Gasteiger partial charge in [-0.05, 0) is 97.4 Å². The number of nitrogens with zero attached hydrogens (tertiary/aromatic N) is 2. The van der Waals surface area contributed by atoms with Crippen LogP contribution in [0.4, 0.5) is 18.9 Å². The van der Waals surface area contributed by atoms with E-state index >= 15 is 0 Å². The van der Waals surface area contributed by atoms with Gasteiger partial charge in [-0.2, -0.15) is 13.2 Å². The van der Waals surface area contributed by atoms with Crippen LogP contribution in [0.5, 0.6) is 5.75 Å². The van der Waals surface area contributed by atoms with Crippen LogP contribution in [0, 0.1) is 0 Å². The third kappa shape index (κ3) is 9.06. The Labute approximate surface area is 237 Å². The Morgan fingerprint density at radius 1 is 0.780 bits per heavy atom. The van der Waals surface area contributed by atoms with E-state index < -0.39 is 12.1 Å². The maximum Gasteiger partial charge on any atom is 0.490 e. The van der Waals surface area contributed by atoms with Crippen molar-refractivity contribution < 1.29 is 33.0 Å². The third-order valence-electron chi connectivity index (χ3n) is 7.22. The van der Waals surface area contributed by atoms with Gasteiger partial charge in [0.2, 0.25) is 0 Å². The zero-order valence-corrected chi connectivity index (χ0v) is 22.7. The summed E-state index contributed by atoms with van der Waals surface area (Å²) in [5.41, 5.74) is 6.74. The number of carbonyl (C=O) groups excluding carboxylic acids is 1. The van der Waals surface area contributed by atoms with Gasteiger partial charge in [0.1, 0.15) is 5.75 Å². The van der Waals surface area contributed by atoms with Gasteiger partial charge in [-0.1, -0.05) is 30.3 Å². The number of phenols is 1. The smallest absolute Gasteiger partial charge is 0.490 e. The molecule has 3 N–H and O–H groups in total. The second kappa shape index (κ2) is 13.6. The number of carbonyl (C=O) groups is 2. The molecule has 0 atom stereocenters. The Kier molecular flexibility index (Phi) is 10.0. The minimum atomic E-state index is -5.08. The van der Waals surface area contributed by atoms with E-state index in [-0.39, 0.29) is 5.91 Å². The number of rotatable bonds is 6. The molecule has 1 heterocycles. The van der Waals surface area contributed by atoms with E-state index in [1.165, 1.54) is 23.1 Å². The molecular formula is C31H34F3N3O4. The van der Waals surface area contributed by atoms with Gasteiger partial charge >= 0.3 is 12.1 Å². The number of hydrogen-bond acceptors (Lipinski definition) is 5. The number of aryl methyl sites for hydroxylation is 2. The molecule has 2 aliphatic rings. The quantitative estimate of drug-likeness (QED) is 0.365. The van der Waals surface area contributed by atoms with Crippen molar-refractivity contribution in [3.8, 4) is 5.75 Å². The van der Waals surface area contributed by atoms with Crippen molar-refractivity contribution in [3.63, 3.8) is 0 Å². The van der Waals surface area contributed by atoms with Crippen LogP contribution < -0.4 is 5.32 Å². The highest BCUT2D eigenvalue weighted by Gasteiger charge is 2.38. The number of fused-ring (bicyclic) bond motifs is 1. The summed E-state index contributed by atoms with van der Waals surface area (Å²) in [5, 5.41) is 19.9. The number of alkyl halides is 3. The monoisotopic (exact) mass is 569 g/mol. The molecular weight excluding hydrogens is 535 g/mol. The SMILES string of the molecule is O=C(Nc1ccc2c(c1)CCC2)c1ccc(CN2CCCN(Cc3cccc(O)c3)CC2)cc1.O=C(O)C(F)(F)F. The fraction of sp³-hybridized carbons (Fsp3) is 0.355. The fourth-order valence-electron chi connectivity index (χ4n) is 5.13. The number of nitrogens with one attached hydrogen (secondary N) is 1. The molecule has 41 heavy (non-hydrogen) atoms. The van der Waals surface area contributed by atoms with E-state index in [0.29, 0.717) is 11.3 Å². The predicted octanol–water partition coefficient (Wildman–Crippen LogP) is 5.47. The van der Waals surface area contributed by atoms with E-state index in [2.05, 4.69) is 45.4 Å². The number of carboxylic acids is 1. The summed E-state index contributed by atoms with van der Waals surface area (Å²) in [6, 6.07) is 21.9.